The summed E-state index contributed by atoms with van der Waals surface area (Å²) in [6, 6.07) is 14.6. The van der Waals surface area contributed by atoms with Crippen LogP contribution in [0.3, 0.4) is 0 Å². The summed E-state index contributed by atoms with van der Waals surface area (Å²) in [5.74, 6) is -1.47. The second-order valence-electron chi connectivity index (χ2n) is 11.0. The third-order valence-corrected chi connectivity index (χ3v) is 8.71. The number of nitrogens with zero attached hydrogens (tertiary/aromatic N) is 1. The molecule has 0 aliphatic rings. The minimum Gasteiger partial charge on any atom is -0.469 e. The average Bonchev–Trinajstić information content (AvgIpc) is 2.95. The normalized spacial score (nSPS) is 13.6. The van der Waals surface area contributed by atoms with Gasteiger partial charge in [0, 0.05) is 31.5 Å². The summed E-state index contributed by atoms with van der Waals surface area (Å²) in [4.78, 5) is 37.0. The van der Waals surface area contributed by atoms with Crippen molar-refractivity contribution in [3.8, 4) is 0 Å². The van der Waals surface area contributed by atoms with Gasteiger partial charge in [-0.05, 0) is 55.4 Å². The number of nitrogens with one attached hydrogen (secondary N) is 2. The smallest absolute Gasteiger partial charge is 0.305 e. The summed E-state index contributed by atoms with van der Waals surface area (Å²) in [5.41, 5.74) is 1.26. The van der Waals surface area contributed by atoms with Crippen molar-refractivity contribution < 1.29 is 32.6 Å². The molecule has 0 fully saturated rings. The largest absolute Gasteiger partial charge is 0.469 e. The molecule has 11 heteroatoms. The van der Waals surface area contributed by atoms with Crippen LogP contribution in [0.15, 0.2) is 54.6 Å². The molecule has 2 aromatic carbocycles. The fraction of sp³-hybridized carbons (Fsp3) is 0.516. The van der Waals surface area contributed by atoms with Crippen molar-refractivity contribution in [1.82, 2.24) is 10.6 Å². The number of hydrogen-bond donors (Lipinski definition) is 3. The maximum absolute atomic E-state index is 13.2. The molecular weight excluding hydrogens is 558 g/mol. The molecular formula is C31H45N3O7S. The van der Waals surface area contributed by atoms with E-state index in [1.807, 2.05) is 19.9 Å². The Hall–Kier alpha value is -3.44. The van der Waals surface area contributed by atoms with Gasteiger partial charge >= 0.3 is 5.97 Å². The zero-order chi connectivity index (χ0) is 31.3. The van der Waals surface area contributed by atoms with E-state index in [2.05, 4.69) is 15.4 Å². The van der Waals surface area contributed by atoms with E-state index in [0.717, 1.165) is 4.31 Å². The number of sulfonamides is 1. The van der Waals surface area contributed by atoms with Crippen molar-refractivity contribution >= 4 is 33.5 Å². The summed E-state index contributed by atoms with van der Waals surface area (Å²) in [6.45, 7) is 6.08. The number of unbranched alkanes of at least 4 members (excludes halogenated alkanes) is 1. The van der Waals surface area contributed by atoms with Crippen LogP contribution in [0.1, 0.15) is 68.8 Å². The van der Waals surface area contributed by atoms with Crippen LogP contribution in [0.2, 0.25) is 0 Å². The maximum atomic E-state index is 13.2. The Morgan fingerprint density at radius 3 is 2.31 bits per heavy atom. The number of anilines is 1. The molecule has 10 nitrogen and oxygen atoms in total. The number of methoxy groups -OCH3 is 1. The maximum Gasteiger partial charge on any atom is 0.305 e. The van der Waals surface area contributed by atoms with Crippen LogP contribution in [0.25, 0.3) is 0 Å². The molecule has 42 heavy (non-hydrogen) atoms. The lowest BCUT2D eigenvalue weighted by atomic mass is 9.92. The topological polar surface area (TPSA) is 142 Å². The van der Waals surface area contributed by atoms with Gasteiger partial charge in [-0.3, -0.25) is 18.7 Å². The molecule has 1 unspecified atom stereocenters. The van der Waals surface area contributed by atoms with E-state index in [9.17, 15) is 27.9 Å². The van der Waals surface area contributed by atoms with E-state index in [4.69, 9.17) is 0 Å². The van der Waals surface area contributed by atoms with Crippen LogP contribution in [-0.2, 0) is 30.1 Å². The van der Waals surface area contributed by atoms with Crippen molar-refractivity contribution in [2.24, 2.45) is 11.8 Å². The molecule has 0 aliphatic carbocycles. The van der Waals surface area contributed by atoms with Gasteiger partial charge in [0.15, 0.2) is 0 Å². The molecule has 0 spiro atoms. The number of benzene rings is 2. The highest BCUT2D eigenvalue weighted by molar-refractivity contribution is 7.92. The molecule has 2 rings (SSSR count). The van der Waals surface area contributed by atoms with Gasteiger partial charge in [0.05, 0.1) is 30.7 Å². The fourth-order valence-corrected chi connectivity index (χ4v) is 5.71. The van der Waals surface area contributed by atoms with Crippen molar-refractivity contribution in [3.05, 3.63) is 65.7 Å². The Balaban J connectivity index is 2.02. The monoisotopic (exact) mass is 603 g/mol. The zero-order valence-corrected chi connectivity index (χ0v) is 26.0. The molecule has 0 heterocycles. The number of carbonyl (C=O) groups is 3. The molecule has 0 saturated carbocycles. The Labute approximate surface area is 249 Å². The van der Waals surface area contributed by atoms with Crippen molar-refractivity contribution in [2.75, 3.05) is 25.0 Å². The Bertz CT molecular complexity index is 1270. The lowest BCUT2D eigenvalue weighted by Crippen LogP contribution is -2.46. The van der Waals surface area contributed by atoms with Crippen LogP contribution in [0, 0.1) is 11.8 Å². The van der Waals surface area contributed by atoms with Gasteiger partial charge in [0.25, 0.3) is 5.91 Å². The average molecular weight is 604 g/mol. The lowest BCUT2D eigenvalue weighted by molar-refractivity contribution is -0.140. The second-order valence-corrected chi connectivity index (χ2v) is 13.0. The number of rotatable bonds is 17. The van der Waals surface area contributed by atoms with Crippen molar-refractivity contribution in [2.45, 2.75) is 70.8 Å². The number of aliphatic hydroxyl groups excluding tert-OH is 1. The number of amides is 2. The van der Waals surface area contributed by atoms with Crippen LogP contribution < -0.4 is 14.9 Å². The highest BCUT2D eigenvalue weighted by Crippen LogP contribution is 2.22. The minimum atomic E-state index is -3.70. The van der Waals surface area contributed by atoms with E-state index in [-0.39, 0.29) is 35.5 Å². The Kier molecular flexibility index (Phi) is 14.0. The first-order valence-corrected chi connectivity index (χ1v) is 15.9. The van der Waals surface area contributed by atoms with Crippen LogP contribution in [0.5, 0.6) is 0 Å². The van der Waals surface area contributed by atoms with Crippen LogP contribution in [-0.4, -0.2) is 64.2 Å². The predicted octanol–water partition coefficient (Wildman–Crippen LogP) is 3.64. The molecule has 2 amide bonds. The number of aliphatic hydroxyl groups is 1. The fourth-order valence-electron chi connectivity index (χ4n) is 4.47. The highest BCUT2D eigenvalue weighted by Gasteiger charge is 2.27. The first kappa shape index (κ1) is 34.8. The summed E-state index contributed by atoms with van der Waals surface area (Å²) >= 11 is 0. The number of carbonyl (C=O) groups excluding carboxylic acids is 3. The number of ether oxygens (including phenoxy) is 1. The van der Waals surface area contributed by atoms with E-state index >= 15 is 0 Å². The first-order chi connectivity index (χ1) is 19.8. The zero-order valence-electron chi connectivity index (χ0n) is 25.2. The summed E-state index contributed by atoms with van der Waals surface area (Å²) in [7, 11) is -0.908. The molecule has 0 bridgehead atoms. The minimum absolute atomic E-state index is 0.145. The van der Waals surface area contributed by atoms with Crippen molar-refractivity contribution in [3.63, 3.8) is 0 Å². The summed E-state index contributed by atoms with van der Waals surface area (Å²) in [5, 5.41) is 16.8. The lowest BCUT2D eigenvalue weighted by Gasteiger charge is -2.28. The SMILES string of the molecule is COC(=O)CCCCNC(=O)[C@@H](C)CC(O)[C@H](CC(C)C)NC(=O)c1cccc(N(C)S(=O)(=O)Cc2ccccc2)c1. The third kappa shape index (κ3) is 11.4. The van der Waals surface area contributed by atoms with Crippen LogP contribution >= 0.6 is 0 Å². The number of hydrogen-bond acceptors (Lipinski definition) is 7. The van der Waals surface area contributed by atoms with Gasteiger partial charge in [0.1, 0.15) is 0 Å². The molecule has 3 atom stereocenters. The van der Waals surface area contributed by atoms with Gasteiger partial charge in [0.2, 0.25) is 15.9 Å². The van der Waals surface area contributed by atoms with E-state index in [0.29, 0.717) is 43.5 Å². The Morgan fingerprint density at radius 1 is 0.976 bits per heavy atom. The van der Waals surface area contributed by atoms with Gasteiger partial charge in [-0.2, -0.15) is 0 Å². The molecule has 2 aromatic rings. The molecule has 0 radical (unpaired) electrons. The molecule has 0 aliphatic heterocycles. The third-order valence-electron chi connectivity index (χ3n) is 6.96. The molecule has 0 saturated heterocycles. The highest BCUT2D eigenvalue weighted by atomic mass is 32.2. The van der Waals surface area contributed by atoms with Gasteiger partial charge in [-0.1, -0.05) is 57.2 Å². The quantitative estimate of drug-likeness (QED) is 0.185. The summed E-state index contributed by atoms with van der Waals surface area (Å²) < 4.78 is 31.8. The van der Waals surface area contributed by atoms with E-state index in [1.54, 1.807) is 49.4 Å². The van der Waals surface area contributed by atoms with Gasteiger partial charge in [-0.15, -0.1) is 0 Å². The van der Waals surface area contributed by atoms with E-state index < -0.39 is 34.0 Å². The van der Waals surface area contributed by atoms with Gasteiger partial charge in [-0.25, -0.2) is 8.42 Å². The number of esters is 1. The molecule has 0 aromatic heterocycles. The van der Waals surface area contributed by atoms with E-state index in [1.165, 1.54) is 20.2 Å². The molecule has 3 N–H and O–H groups in total. The summed E-state index contributed by atoms with van der Waals surface area (Å²) in [6.07, 6.45) is 1.17. The predicted molar refractivity (Wildman–Crippen MR) is 163 cm³/mol. The second kappa shape index (κ2) is 16.9. The Morgan fingerprint density at radius 2 is 1.67 bits per heavy atom. The standard InChI is InChI=1S/C31H45N3O7S/c1-22(2)18-27(28(35)19-23(3)30(37)32-17-10-9-16-29(36)41-5)33-31(38)25-14-11-15-26(20-25)34(4)42(39,40)21-24-12-7-6-8-13-24/h6-8,11-15,20,22-23,27-28,35H,9-10,16-19,21H2,1-5H3,(H,32,37)(H,33,38)/t23-,27-,28?/m0/s1. The van der Waals surface area contributed by atoms with Crippen LogP contribution in [0.4, 0.5) is 5.69 Å². The molecule has 232 valence electrons. The van der Waals surface area contributed by atoms with Crippen molar-refractivity contribution in [1.29, 1.82) is 0 Å². The first-order valence-electron chi connectivity index (χ1n) is 14.3. The van der Waals surface area contributed by atoms with Gasteiger partial charge < -0.3 is 20.5 Å².